The minimum absolute atomic E-state index is 0.0617. The Morgan fingerprint density at radius 3 is 2.08 bits per heavy atom. The summed E-state index contributed by atoms with van der Waals surface area (Å²) in [5.74, 6) is -0.432. The normalized spacial score (nSPS) is 10.5. The lowest BCUT2D eigenvalue weighted by Crippen LogP contribution is -2.29. The van der Waals surface area contributed by atoms with Crippen LogP contribution in [0.4, 0.5) is 0 Å². The predicted octanol–water partition coefficient (Wildman–Crippen LogP) is 4.28. The highest BCUT2D eigenvalue weighted by molar-refractivity contribution is 6.30. The fraction of sp³-hybridized carbons (Fsp3) is 0.0526. The number of amides is 1. The molecule has 2 N–H and O–H groups in total. The number of aromatic nitrogens is 1. The maximum absolute atomic E-state index is 12.2. The van der Waals surface area contributed by atoms with E-state index in [2.05, 4.69) is 10.3 Å². The van der Waals surface area contributed by atoms with E-state index in [-0.39, 0.29) is 5.56 Å². The van der Waals surface area contributed by atoms with E-state index in [0.717, 1.165) is 11.1 Å². The number of hydrogen-bond acceptors (Lipinski definition) is 2. The third kappa shape index (κ3) is 4.29. The van der Waals surface area contributed by atoms with Crippen molar-refractivity contribution in [1.82, 2.24) is 10.3 Å². The van der Waals surface area contributed by atoms with Crippen LogP contribution in [0.1, 0.15) is 15.9 Å². The Kier molecular flexibility index (Phi) is 5.22. The van der Waals surface area contributed by atoms with Crippen LogP contribution >= 0.6 is 23.2 Å². The van der Waals surface area contributed by atoms with Gasteiger partial charge in [0.2, 0.25) is 0 Å². The zero-order valence-electron chi connectivity index (χ0n) is 13.1. The average Bonchev–Trinajstić information content (AvgIpc) is 2.61. The van der Waals surface area contributed by atoms with Crippen LogP contribution in [-0.2, 0) is 6.54 Å². The van der Waals surface area contributed by atoms with Crippen LogP contribution in [0.5, 0.6) is 0 Å². The summed E-state index contributed by atoms with van der Waals surface area (Å²) in [6.45, 7) is 0.314. The number of H-pyrrole nitrogens is 1. The number of halogens is 2. The fourth-order valence-electron chi connectivity index (χ4n) is 2.33. The molecule has 0 atom stereocenters. The van der Waals surface area contributed by atoms with Crippen molar-refractivity contribution in [3.63, 3.8) is 0 Å². The number of benzene rings is 2. The van der Waals surface area contributed by atoms with Gasteiger partial charge in [0.15, 0.2) is 0 Å². The van der Waals surface area contributed by atoms with Crippen molar-refractivity contribution < 1.29 is 4.79 Å². The lowest BCUT2D eigenvalue weighted by atomic mass is 10.1. The van der Waals surface area contributed by atoms with Gasteiger partial charge in [-0.15, -0.1) is 0 Å². The largest absolute Gasteiger partial charge is 0.348 e. The lowest BCUT2D eigenvalue weighted by Gasteiger charge is -2.07. The summed E-state index contributed by atoms with van der Waals surface area (Å²) in [6, 6.07) is 17.4. The predicted molar refractivity (Wildman–Crippen MR) is 100 cm³/mol. The molecule has 1 heterocycles. The average molecular weight is 373 g/mol. The molecule has 0 fully saturated rings. The van der Waals surface area contributed by atoms with Crippen LogP contribution in [0, 0.1) is 0 Å². The van der Waals surface area contributed by atoms with Crippen molar-refractivity contribution in [2.75, 3.05) is 0 Å². The lowest BCUT2D eigenvalue weighted by molar-refractivity contribution is 0.0949. The van der Waals surface area contributed by atoms with Gasteiger partial charge in [-0.3, -0.25) is 9.59 Å². The number of hydrogen-bond donors (Lipinski definition) is 2. The van der Waals surface area contributed by atoms with Gasteiger partial charge in [0, 0.05) is 22.3 Å². The minimum Gasteiger partial charge on any atom is -0.348 e. The van der Waals surface area contributed by atoms with Crippen LogP contribution in [0.15, 0.2) is 65.5 Å². The maximum Gasteiger partial charge on any atom is 0.261 e. The van der Waals surface area contributed by atoms with Crippen molar-refractivity contribution in [2.45, 2.75) is 6.54 Å². The molecular formula is C19H14Cl2N2O2. The summed E-state index contributed by atoms with van der Waals surface area (Å²) >= 11 is 11.7. The minimum atomic E-state index is -0.443. The monoisotopic (exact) mass is 372 g/mol. The second-order valence-electron chi connectivity index (χ2n) is 5.43. The quantitative estimate of drug-likeness (QED) is 0.717. The van der Waals surface area contributed by atoms with E-state index in [1.165, 1.54) is 6.07 Å². The molecule has 0 saturated heterocycles. The molecule has 0 bridgehead atoms. The number of pyridine rings is 1. The van der Waals surface area contributed by atoms with E-state index < -0.39 is 11.5 Å². The Morgan fingerprint density at radius 2 is 1.48 bits per heavy atom. The Hall–Kier alpha value is -2.56. The van der Waals surface area contributed by atoms with Crippen LogP contribution < -0.4 is 10.9 Å². The topological polar surface area (TPSA) is 62.0 Å². The third-order valence-electron chi connectivity index (χ3n) is 3.68. The van der Waals surface area contributed by atoms with E-state index in [0.29, 0.717) is 22.3 Å². The summed E-state index contributed by atoms with van der Waals surface area (Å²) in [6.07, 6.45) is 0. The first-order chi connectivity index (χ1) is 12.0. The first-order valence-electron chi connectivity index (χ1n) is 7.55. The molecule has 0 radical (unpaired) electrons. The molecule has 0 unspecified atom stereocenters. The Balaban J connectivity index is 1.73. The summed E-state index contributed by atoms with van der Waals surface area (Å²) in [7, 11) is 0. The smallest absolute Gasteiger partial charge is 0.261 e. The number of carbonyl (C=O) groups excluding carboxylic acids is 1. The second kappa shape index (κ2) is 7.55. The molecule has 6 heteroatoms. The van der Waals surface area contributed by atoms with Gasteiger partial charge in [-0.05, 0) is 47.5 Å². The van der Waals surface area contributed by atoms with Gasteiger partial charge in [-0.25, -0.2) is 0 Å². The first kappa shape index (κ1) is 17.3. The molecule has 0 aliphatic heterocycles. The number of rotatable bonds is 4. The van der Waals surface area contributed by atoms with E-state index >= 15 is 0 Å². The van der Waals surface area contributed by atoms with E-state index in [4.69, 9.17) is 23.2 Å². The van der Waals surface area contributed by atoms with Crippen molar-refractivity contribution in [3.8, 4) is 11.3 Å². The Morgan fingerprint density at radius 1 is 0.880 bits per heavy atom. The van der Waals surface area contributed by atoms with E-state index in [9.17, 15) is 9.59 Å². The SMILES string of the molecule is O=C(NCc1ccc(Cl)cc1)c1ccc(-c2ccc(Cl)cc2)[nH]c1=O. The van der Waals surface area contributed by atoms with Crippen molar-refractivity contribution in [1.29, 1.82) is 0 Å². The summed E-state index contributed by atoms with van der Waals surface area (Å²) < 4.78 is 0. The molecule has 0 aliphatic carbocycles. The zero-order chi connectivity index (χ0) is 17.8. The summed E-state index contributed by atoms with van der Waals surface area (Å²) in [5, 5.41) is 3.97. The van der Waals surface area contributed by atoms with Gasteiger partial charge in [-0.1, -0.05) is 47.5 Å². The molecule has 3 rings (SSSR count). The van der Waals surface area contributed by atoms with Gasteiger partial charge in [0.25, 0.3) is 11.5 Å². The van der Waals surface area contributed by atoms with Gasteiger partial charge in [-0.2, -0.15) is 0 Å². The first-order valence-corrected chi connectivity index (χ1v) is 8.30. The molecule has 1 amide bonds. The molecule has 1 aromatic heterocycles. The highest BCUT2D eigenvalue weighted by Crippen LogP contribution is 2.18. The molecule has 0 saturated carbocycles. The molecule has 0 aliphatic rings. The van der Waals surface area contributed by atoms with Crippen LogP contribution in [0.2, 0.25) is 10.0 Å². The Bertz CT molecular complexity index is 948. The molecule has 126 valence electrons. The number of nitrogens with one attached hydrogen (secondary N) is 2. The van der Waals surface area contributed by atoms with Gasteiger partial charge < -0.3 is 10.3 Å². The van der Waals surface area contributed by atoms with Crippen molar-refractivity contribution >= 4 is 29.1 Å². The van der Waals surface area contributed by atoms with Crippen LogP contribution in [0.3, 0.4) is 0 Å². The number of carbonyl (C=O) groups is 1. The second-order valence-corrected chi connectivity index (χ2v) is 6.30. The maximum atomic E-state index is 12.2. The van der Waals surface area contributed by atoms with E-state index in [1.807, 2.05) is 12.1 Å². The number of aromatic amines is 1. The van der Waals surface area contributed by atoms with Gasteiger partial charge in [0.1, 0.15) is 5.56 Å². The highest BCUT2D eigenvalue weighted by atomic mass is 35.5. The zero-order valence-corrected chi connectivity index (χ0v) is 14.6. The third-order valence-corrected chi connectivity index (χ3v) is 4.18. The highest BCUT2D eigenvalue weighted by Gasteiger charge is 2.11. The standard InChI is InChI=1S/C19H14Cl2N2O2/c20-14-5-1-12(2-6-14)11-22-18(24)16-9-10-17(23-19(16)25)13-3-7-15(21)8-4-13/h1-10H,11H2,(H,22,24)(H,23,25). The summed E-state index contributed by atoms with van der Waals surface area (Å²) in [5.41, 5.74) is 1.95. The molecule has 25 heavy (non-hydrogen) atoms. The molecular weight excluding hydrogens is 359 g/mol. The van der Waals surface area contributed by atoms with Gasteiger partial charge >= 0.3 is 0 Å². The van der Waals surface area contributed by atoms with Crippen LogP contribution in [0.25, 0.3) is 11.3 Å². The molecule has 4 nitrogen and oxygen atoms in total. The fourth-order valence-corrected chi connectivity index (χ4v) is 2.58. The van der Waals surface area contributed by atoms with Crippen molar-refractivity contribution in [3.05, 3.63) is 92.2 Å². The summed E-state index contributed by atoms with van der Waals surface area (Å²) in [4.78, 5) is 27.2. The van der Waals surface area contributed by atoms with Crippen LogP contribution in [-0.4, -0.2) is 10.9 Å². The Labute approximate surface area is 154 Å². The van der Waals surface area contributed by atoms with Crippen molar-refractivity contribution in [2.24, 2.45) is 0 Å². The molecule has 2 aromatic carbocycles. The van der Waals surface area contributed by atoms with E-state index in [1.54, 1.807) is 42.5 Å². The molecule has 0 spiro atoms. The van der Waals surface area contributed by atoms with Gasteiger partial charge in [0.05, 0.1) is 0 Å². The molecule has 3 aromatic rings.